The number of nitrogens with one attached hydrogen (secondary N) is 3. The van der Waals surface area contributed by atoms with Gasteiger partial charge in [0.05, 0.1) is 124 Å². The zero-order valence-corrected chi connectivity index (χ0v) is 80.1. The number of fused-ring (bicyclic) bond motifs is 13. The summed E-state index contributed by atoms with van der Waals surface area (Å²) in [5.74, 6) is 1.11. The SMILES string of the molecule is C#C[C@@]12COP(O)(=S)O[C@@H]3[C@H](F)[C@@H](COP(O)(=S)O[C@H]1C[C@H](n1cc(F)c4c(N)ccnc41)O2)O[C@H]3n1cnc2c(=O)[nH]c(N)nc21.Nc1nc2c(ncn2[C@@H]2S[C@@H]3COP(=O)(O)O[C@H]4[C@H]5OC[C@]4(COP(O)(=S)O[C@@H]2[C@@H]3O)O[C@H]5n2cnc3c(N)ccnc32)c(=O)[nH]1.Nc1nc2c(ncn2[C@@H]2S[C@@H]3COP(=O)(O)O[C@H]4[C@H]5OC[C@]4(COP(O)(=S)O[C@@H]2[C@@H]3O)O[C@H]5n2cnc3c(N)ccnc32)c(=O)[nH]1. The minimum absolute atomic E-state index is 0.0393. The number of imidazole rings is 5. The van der Waals surface area contributed by atoms with E-state index in [9.17, 15) is 67.5 Å². The molecule has 10 bridgehead atoms. The van der Waals surface area contributed by atoms with Crippen molar-refractivity contribution in [3.8, 4) is 12.3 Å². The standard InChI is InChI=1S/C24H24F2N8O9P2S2.2C22H25N9O11P2S2/c1-2-24-8-39-45(37,47)43-18-16(26)12(40-22(18)34-9-30-17-20(34)31-23(28)32-21(17)35)7-38-44(36,46)42-13(24)5-14(41-24)33-6-10(25)15-11(27)3-4-29-19(15)33;2*23-8-1-2-25-16-10(8)26-6-30(16)19-14-15-22(40-19,4-37-14)5-39-44(36,45)41-13-12(32)9(3-38-43(34,35)42-15)46-20(13)31-7-27-11-17(31)28-21(24)29-18(11)33/h1,3-4,6,9,12-14,16,18,22H,5,7-8H2,(H2,27,29)(H,36,46)(H,37,47)(H3,28,31,32,35);2*1-2,6-7,9,12-15,19-20,32H,3-5H2,(H2,23,25)(H,34,35)(H,36,45)(H3,24,28,29,33)/t12-,13+,14-,16-,18-,22-,24-,44?,45?;2*9-,12-,13-,14-,15+,19-,20-,22-,44?/m111/s1. The zero-order valence-electron chi connectivity index (χ0n) is 69.8. The summed E-state index contributed by atoms with van der Waals surface area (Å²) in [5, 5.41) is 18.9. The van der Waals surface area contributed by atoms with Crippen LogP contribution >= 0.6 is 66.0 Å². The molecule has 57 nitrogen and oxygen atoms in total. The predicted molar refractivity (Wildman–Crippen MR) is 489 cm³/mol. The van der Waals surface area contributed by atoms with E-state index in [0.717, 1.165) is 40.6 Å². The molecular weight excluding hydrogens is 2090 g/mol. The number of ether oxygens (including phenoxy) is 6. The zero-order chi connectivity index (χ0) is 97.8. The molecule has 23 N–H and O–H groups in total. The normalized spacial score (nSPS) is 38.6. The fourth-order valence-electron chi connectivity index (χ4n) is 17.8. The molecule has 139 heavy (non-hydrogen) atoms. The van der Waals surface area contributed by atoms with Gasteiger partial charge >= 0.3 is 42.5 Å². The number of H-pyrrole nitrogens is 3. The lowest BCUT2D eigenvalue weighted by molar-refractivity contribution is -0.183. The molecule has 11 aliphatic heterocycles. The van der Waals surface area contributed by atoms with Gasteiger partial charge in [-0.25, -0.2) is 57.8 Å². The van der Waals surface area contributed by atoms with Gasteiger partial charge in [0.1, 0.15) is 99.8 Å². The Balaban J connectivity index is 0.000000124. The molecule has 12 aromatic rings. The highest BCUT2D eigenvalue weighted by atomic mass is 32.5. The number of aliphatic hydroxyl groups excluding tert-OH is 2. The molecule has 0 aromatic carbocycles. The molecule has 0 aliphatic carbocycles. The number of rotatable bonds is 6. The molecule has 12 aromatic heterocycles. The first-order valence-corrected chi connectivity index (χ1v) is 56.0. The van der Waals surface area contributed by atoms with Crippen molar-refractivity contribution in [2.45, 2.75) is 143 Å². The van der Waals surface area contributed by atoms with Crippen molar-refractivity contribution in [3.05, 3.63) is 112 Å². The van der Waals surface area contributed by atoms with Gasteiger partial charge in [0, 0.05) is 36.9 Å². The van der Waals surface area contributed by atoms with Crippen molar-refractivity contribution in [1.82, 2.24) is 97.2 Å². The van der Waals surface area contributed by atoms with Crippen molar-refractivity contribution in [2.75, 3.05) is 87.3 Å². The van der Waals surface area contributed by atoms with Gasteiger partial charge < -0.3 is 130 Å². The number of aliphatic hydroxyl groups is 2. The Labute approximate surface area is 801 Å². The Hall–Kier alpha value is -8.08. The highest BCUT2D eigenvalue weighted by Crippen LogP contribution is 2.64. The highest BCUT2D eigenvalue weighted by molar-refractivity contribution is 8.08. The quantitative estimate of drug-likeness (QED) is 0.0784. The average Bonchev–Trinajstić information content (AvgIpc) is 1.57. The Morgan fingerprint density at radius 1 is 0.475 bits per heavy atom. The maximum atomic E-state index is 16.0. The summed E-state index contributed by atoms with van der Waals surface area (Å²) in [7, 11) is -9.72. The summed E-state index contributed by atoms with van der Waals surface area (Å²) in [5.41, 5.74) is 30.7. The lowest BCUT2D eigenvalue weighted by atomic mass is 9.99. The van der Waals surface area contributed by atoms with Crippen molar-refractivity contribution in [1.29, 1.82) is 0 Å². The number of hydrogen-bond donors (Lipinski definition) is 17. The van der Waals surface area contributed by atoms with Crippen molar-refractivity contribution < 1.29 is 140 Å². The van der Waals surface area contributed by atoms with Crippen LogP contribution < -0.4 is 51.1 Å². The Kier molecular flexibility index (Phi) is 24.9. The van der Waals surface area contributed by atoms with E-state index in [1.54, 1.807) is 21.3 Å². The molecule has 0 radical (unpaired) electrons. The number of hydrogen-bond acceptors (Lipinski definition) is 48. The number of anilines is 6. The van der Waals surface area contributed by atoms with E-state index in [2.05, 4.69) is 75.7 Å². The first kappa shape index (κ1) is 97.0. The van der Waals surface area contributed by atoms with Crippen LogP contribution in [0.2, 0.25) is 0 Å². The Morgan fingerprint density at radius 3 is 1.35 bits per heavy atom. The lowest BCUT2D eigenvalue weighted by Gasteiger charge is -2.33. The number of nitrogens with two attached hydrogens (primary N) is 6. The first-order valence-electron chi connectivity index (χ1n) is 40.8. The van der Waals surface area contributed by atoms with E-state index >= 15 is 4.39 Å². The van der Waals surface area contributed by atoms with Crippen molar-refractivity contribution in [2.24, 2.45) is 0 Å². The number of aromatic amines is 3. The van der Waals surface area contributed by atoms with Gasteiger partial charge in [-0.2, -0.15) is 15.0 Å². The van der Waals surface area contributed by atoms with Crippen LogP contribution in [0.3, 0.4) is 0 Å². The van der Waals surface area contributed by atoms with Gasteiger partial charge in [-0.15, -0.1) is 29.9 Å². The number of thioether (sulfide) groups is 2. The number of phosphoric ester groups is 2. The van der Waals surface area contributed by atoms with E-state index in [1.807, 2.05) is 0 Å². The Morgan fingerprint density at radius 2 is 0.885 bits per heavy atom. The smallest absolute Gasteiger partial charge is 0.398 e. The van der Waals surface area contributed by atoms with Gasteiger partial charge in [-0.3, -0.25) is 83.8 Å². The number of phosphoric acid groups is 2. The second kappa shape index (κ2) is 35.7. The molecule has 742 valence electrons. The molecule has 0 saturated carbocycles. The van der Waals surface area contributed by atoms with E-state index in [-0.39, 0.29) is 87.7 Å². The summed E-state index contributed by atoms with van der Waals surface area (Å²) < 4.78 is 171. The average molecular weight is 2170 g/mol. The minimum Gasteiger partial charge on any atom is -0.398 e. The molecule has 6 unspecified atom stereocenters. The molecule has 23 rings (SSSR count). The van der Waals surface area contributed by atoms with Crippen LogP contribution in [0.5, 0.6) is 0 Å². The second-order valence-electron chi connectivity index (χ2n) is 32.8. The summed E-state index contributed by atoms with van der Waals surface area (Å²) in [6.45, 7) is -20.8. The van der Waals surface area contributed by atoms with E-state index in [4.69, 9.17) is 171 Å². The number of pyridine rings is 3. The second-order valence-corrected chi connectivity index (χ2v) is 49.5. The third-order valence-electron chi connectivity index (χ3n) is 24.2. The third-order valence-corrected chi connectivity index (χ3v) is 35.4. The third kappa shape index (κ3) is 17.6. The van der Waals surface area contributed by atoms with Crippen LogP contribution in [-0.2, 0) is 139 Å². The molecule has 0 spiro atoms. The Bertz CT molecular complexity index is 7260. The fraction of sp³-hybridized carbons (Fsp3) is 0.471. The van der Waals surface area contributed by atoms with Crippen LogP contribution in [-0.4, -0.2) is 290 Å². The van der Waals surface area contributed by atoms with Gasteiger partial charge in [-0.05, 0) is 65.4 Å². The van der Waals surface area contributed by atoms with Gasteiger partial charge in [-0.1, -0.05) is 5.92 Å². The molecule has 11 aliphatic rings. The molecule has 29 atom stereocenters. The molecule has 23 heterocycles. The maximum Gasteiger partial charge on any atom is 0.472 e. The molecule has 11 saturated heterocycles. The van der Waals surface area contributed by atoms with Crippen molar-refractivity contribution >= 4 is 215 Å². The van der Waals surface area contributed by atoms with E-state index in [0.29, 0.717) is 33.7 Å². The number of nitrogens with zero attached hydrogens (tertiary/aromatic N) is 17. The summed E-state index contributed by atoms with van der Waals surface area (Å²) in [4.78, 5) is 157. The number of nitrogen functional groups attached to an aromatic ring is 6. The molecular formula is C68H74F2N26O31P6S6. The topological polar surface area (TPSA) is 788 Å². The first-order chi connectivity index (χ1) is 65.9. The highest BCUT2D eigenvalue weighted by Gasteiger charge is 2.69. The van der Waals surface area contributed by atoms with Crippen LogP contribution in [0, 0.1) is 18.2 Å². The monoisotopic (exact) mass is 2170 g/mol. The summed E-state index contributed by atoms with van der Waals surface area (Å²) in [6.07, 6.45) is -3.04. The maximum absolute atomic E-state index is 16.0. The number of alkyl halides is 1. The van der Waals surface area contributed by atoms with Crippen LogP contribution in [0.4, 0.5) is 43.7 Å². The number of aromatic nitrogens is 20. The van der Waals surface area contributed by atoms with Crippen LogP contribution in [0.1, 0.15) is 42.1 Å². The van der Waals surface area contributed by atoms with E-state index < -0.39 is 241 Å². The largest absolute Gasteiger partial charge is 0.472 e. The molecule has 71 heteroatoms. The number of halogens is 2. The van der Waals surface area contributed by atoms with Crippen LogP contribution in [0.25, 0.3) is 66.9 Å². The molecule has 11 fully saturated rings. The van der Waals surface area contributed by atoms with E-state index in [1.165, 1.54) is 63.7 Å². The summed E-state index contributed by atoms with van der Waals surface area (Å²) >= 11 is 23.3. The number of terminal acetylenes is 1. The summed E-state index contributed by atoms with van der Waals surface area (Å²) in [6, 6.07) is 4.60. The van der Waals surface area contributed by atoms with Gasteiger partial charge in [0.25, 0.3) is 16.7 Å². The van der Waals surface area contributed by atoms with Gasteiger partial charge in [0.2, 0.25) is 17.8 Å². The van der Waals surface area contributed by atoms with Gasteiger partial charge in [0.15, 0.2) is 81.1 Å². The van der Waals surface area contributed by atoms with Crippen molar-refractivity contribution in [3.63, 3.8) is 0 Å². The predicted octanol–water partition coefficient (Wildman–Crippen LogP) is 0.259. The fourth-order valence-corrected chi connectivity index (χ4v) is 28.9. The molecule has 0 amide bonds. The van der Waals surface area contributed by atoms with Crippen LogP contribution in [0.15, 0.2) is 89.0 Å². The lowest BCUT2D eigenvalue weighted by Crippen LogP contribution is -2.45. The minimum atomic E-state index is -4.86.